The first-order chi connectivity index (χ1) is 8.99. The number of carbonyl (C=O) groups excluding carboxylic acids is 1. The molecular weight excluding hydrogens is 290 g/mol. The summed E-state index contributed by atoms with van der Waals surface area (Å²) in [4.78, 5) is 11.9. The molecule has 3 N–H and O–H groups in total. The van der Waals surface area contributed by atoms with E-state index in [0.717, 1.165) is 0 Å². The zero-order chi connectivity index (χ0) is 14.0. The van der Waals surface area contributed by atoms with E-state index in [0.29, 0.717) is 5.02 Å². The van der Waals surface area contributed by atoms with Crippen LogP contribution in [0.4, 0.5) is 15.8 Å². The van der Waals surface area contributed by atoms with Gasteiger partial charge in [0.25, 0.3) is 5.91 Å². The number of nitrogens with two attached hydrogens (primary N) is 1. The van der Waals surface area contributed by atoms with Gasteiger partial charge in [0.05, 0.1) is 22.0 Å². The minimum atomic E-state index is -0.631. The molecule has 0 heterocycles. The smallest absolute Gasteiger partial charge is 0.258 e. The molecule has 0 aliphatic heterocycles. The van der Waals surface area contributed by atoms with Crippen LogP contribution in [0, 0.1) is 5.82 Å². The Morgan fingerprint density at radius 2 is 1.89 bits per heavy atom. The summed E-state index contributed by atoms with van der Waals surface area (Å²) in [5, 5.41) is 3.01. The molecule has 0 atom stereocenters. The fourth-order valence-corrected chi connectivity index (χ4v) is 2.11. The Kier molecular flexibility index (Phi) is 3.93. The number of benzene rings is 2. The first-order valence-electron chi connectivity index (χ1n) is 5.29. The van der Waals surface area contributed by atoms with Gasteiger partial charge in [-0.05, 0) is 24.3 Å². The standard InChI is InChI=1S/C13H9Cl2FN2O/c14-7-5-9(15)12(11(17)6-7)18-13(19)8-3-1-2-4-10(8)16/h1-6H,17H2,(H,18,19). The number of hydrogen-bond acceptors (Lipinski definition) is 2. The summed E-state index contributed by atoms with van der Waals surface area (Å²) in [6, 6.07) is 8.51. The minimum Gasteiger partial charge on any atom is -0.397 e. The second-order valence-corrected chi connectivity index (χ2v) is 4.63. The quantitative estimate of drug-likeness (QED) is 0.824. The molecule has 6 heteroatoms. The van der Waals surface area contributed by atoms with Crippen LogP contribution in [-0.2, 0) is 0 Å². The Bertz CT molecular complexity index is 623. The first-order valence-corrected chi connectivity index (χ1v) is 6.05. The third kappa shape index (κ3) is 2.97. The van der Waals surface area contributed by atoms with Crippen molar-refractivity contribution < 1.29 is 9.18 Å². The number of halogens is 3. The second-order valence-electron chi connectivity index (χ2n) is 3.79. The molecule has 2 aromatic carbocycles. The molecule has 0 saturated carbocycles. The zero-order valence-corrected chi connectivity index (χ0v) is 11.1. The van der Waals surface area contributed by atoms with Crippen LogP contribution in [0.1, 0.15) is 10.4 Å². The molecule has 98 valence electrons. The van der Waals surface area contributed by atoms with E-state index < -0.39 is 11.7 Å². The van der Waals surface area contributed by atoms with Gasteiger partial charge in [0.15, 0.2) is 0 Å². The monoisotopic (exact) mass is 298 g/mol. The number of rotatable bonds is 2. The van der Waals surface area contributed by atoms with Crippen molar-refractivity contribution in [3.05, 3.63) is 57.8 Å². The third-order valence-electron chi connectivity index (χ3n) is 2.44. The maximum Gasteiger partial charge on any atom is 0.258 e. The number of anilines is 2. The average molecular weight is 299 g/mol. The Balaban J connectivity index is 2.32. The normalized spacial score (nSPS) is 10.3. The van der Waals surface area contributed by atoms with Crippen molar-refractivity contribution in [3.8, 4) is 0 Å². The van der Waals surface area contributed by atoms with E-state index >= 15 is 0 Å². The molecular formula is C13H9Cl2FN2O. The van der Waals surface area contributed by atoms with E-state index in [9.17, 15) is 9.18 Å². The van der Waals surface area contributed by atoms with Crippen LogP contribution in [0.3, 0.4) is 0 Å². The molecule has 19 heavy (non-hydrogen) atoms. The highest BCUT2D eigenvalue weighted by molar-refractivity contribution is 6.37. The van der Waals surface area contributed by atoms with Crippen LogP contribution in [0.15, 0.2) is 36.4 Å². The fraction of sp³-hybridized carbons (Fsp3) is 0. The van der Waals surface area contributed by atoms with Gasteiger partial charge in [-0.15, -0.1) is 0 Å². The summed E-state index contributed by atoms with van der Waals surface area (Å²) < 4.78 is 13.5. The first kappa shape index (κ1) is 13.6. The Hall–Kier alpha value is -1.78. The van der Waals surface area contributed by atoms with Crippen LogP contribution in [0.5, 0.6) is 0 Å². The fourth-order valence-electron chi connectivity index (χ4n) is 1.55. The van der Waals surface area contributed by atoms with Gasteiger partial charge < -0.3 is 11.1 Å². The molecule has 0 fully saturated rings. The molecule has 0 aliphatic rings. The molecule has 0 unspecified atom stereocenters. The Morgan fingerprint density at radius 3 is 2.53 bits per heavy atom. The largest absolute Gasteiger partial charge is 0.397 e. The lowest BCUT2D eigenvalue weighted by atomic mass is 10.2. The number of nitrogens with one attached hydrogen (secondary N) is 1. The summed E-state index contributed by atoms with van der Waals surface area (Å²) in [7, 11) is 0. The van der Waals surface area contributed by atoms with Crippen LogP contribution < -0.4 is 11.1 Å². The Morgan fingerprint density at radius 1 is 1.21 bits per heavy atom. The summed E-state index contributed by atoms with van der Waals surface area (Å²) in [5.74, 6) is -1.25. The number of carbonyl (C=O) groups is 1. The SMILES string of the molecule is Nc1cc(Cl)cc(Cl)c1NC(=O)c1ccccc1F. The van der Waals surface area contributed by atoms with Gasteiger partial charge in [-0.3, -0.25) is 4.79 Å². The van der Waals surface area contributed by atoms with Gasteiger partial charge in [0, 0.05) is 5.02 Å². The lowest BCUT2D eigenvalue weighted by molar-refractivity contribution is 0.102. The number of amides is 1. The van der Waals surface area contributed by atoms with Gasteiger partial charge in [-0.1, -0.05) is 35.3 Å². The number of nitrogen functional groups attached to an aromatic ring is 1. The lowest BCUT2D eigenvalue weighted by Crippen LogP contribution is -2.15. The minimum absolute atomic E-state index is 0.0899. The maximum absolute atomic E-state index is 13.5. The van der Waals surface area contributed by atoms with Crippen LogP contribution in [0.2, 0.25) is 10.0 Å². The highest BCUT2D eigenvalue weighted by Gasteiger charge is 2.14. The highest BCUT2D eigenvalue weighted by Crippen LogP contribution is 2.32. The molecule has 2 aromatic rings. The molecule has 2 rings (SSSR count). The van der Waals surface area contributed by atoms with E-state index in [1.165, 1.54) is 30.3 Å². The maximum atomic E-state index is 13.5. The summed E-state index contributed by atoms with van der Waals surface area (Å²) in [6.07, 6.45) is 0. The molecule has 0 bridgehead atoms. The highest BCUT2D eigenvalue weighted by atomic mass is 35.5. The van der Waals surface area contributed by atoms with Gasteiger partial charge >= 0.3 is 0 Å². The second kappa shape index (κ2) is 5.47. The average Bonchev–Trinajstić information content (AvgIpc) is 2.34. The predicted octanol–water partition coefficient (Wildman–Crippen LogP) is 3.97. The molecule has 0 spiro atoms. The topological polar surface area (TPSA) is 55.1 Å². The van der Waals surface area contributed by atoms with Crippen LogP contribution >= 0.6 is 23.2 Å². The third-order valence-corrected chi connectivity index (χ3v) is 2.96. The van der Waals surface area contributed by atoms with Crippen molar-refractivity contribution in [2.45, 2.75) is 0 Å². The van der Waals surface area contributed by atoms with Gasteiger partial charge in [0.1, 0.15) is 5.82 Å². The number of hydrogen-bond donors (Lipinski definition) is 2. The van der Waals surface area contributed by atoms with Crippen LogP contribution in [-0.4, -0.2) is 5.91 Å². The van der Waals surface area contributed by atoms with Gasteiger partial charge in [0.2, 0.25) is 0 Å². The summed E-state index contributed by atoms with van der Waals surface area (Å²) >= 11 is 11.7. The van der Waals surface area contributed by atoms with E-state index in [1.54, 1.807) is 6.07 Å². The predicted molar refractivity (Wildman–Crippen MR) is 75.2 cm³/mol. The molecule has 0 aromatic heterocycles. The van der Waals surface area contributed by atoms with Crippen molar-refractivity contribution in [1.29, 1.82) is 0 Å². The Labute approximate surface area is 119 Å². The summed E-state index contributed by atoms with van der Waals surface area (Å²) in [5.41, 5.74) is 6.04. The van der Waals surface area contributed by atoms with Gasteiger partial charge in [-0.25, -0.2) is 4.39 Å². The van der Waals surface area contributed by atoms with Crippen molar-refractivity contribution in [2.24, 2.45) is 0 Å². The van der Waals surface area contributed by atoms with Crippen molar-refractivity contribution in [1.82, 2.24) is 0 Å². The molecule has 0 saturated heterocycles. The van der Waals surface area contributed by atoms with Crippen LogP contribution in [0.25, 0.3) is 0 Å². The van der Waals surface area contributed by atoms with Crippen molar-refractivity contribution in [2.75, 3.05) is 11.1 Å². The lowest BCUT2D eigenvalue weighted by Gasteiger charge is -2.11. The molecule has 1 amide bonds. The molecule has 0 aliphatic carbocycles. The van der Waals surface area contributed by atoms with E-state index in [4.69, 9.17) is 28.9 Å². The van der Waals surface area contributed by atoms with E-state index in [2.05, 4.69) is 5.32 Å². The molecule has 0 radical (unpaired) electrons. The molecule has 3 nitrogen and oxygen atoms in total. The van der Waals surface area contributed by atoms with Gasteiger partial charge in [-0.2, -0.15) is 0 Å². The van der Waals surface area contributed by atoms with E-state index in [1.807, 2.05) is 0 Å². The van der Waals surface area contributed by atoms with Crippen molar-refractivity contribution in [3.63, 3.8) is 0 Å². The summed E-state index contributed by atoms with van der Waals surface area (Å²) in [6.45, 7) is 0. The van der Waals surface area contributed by atoms with E-state index in [-0.39, 0.29) is 22.0 Å². The zero-order valence-electron chi connectivity index (χ0n) is 9.58. The van der Waals surface area contributed by atoms with Crippen molar-refractivity contribution >= 4 is 40.5 Å².